The topological polar surface area (TPSA) is 319 Å². The van der Waals surface area contributed by atoms with Gasteiger partial charge in [-0.25, -0.2) is 0 Å². The summed E-state index contributed by atoms with van der Waals surface area (Å²) in [6, 6.07) is 2.46. The van der Waals surface area contributed by atoms with E-state index in [2.05, 4.69) is 21.3 Å². The fourth-order valence-corrected chi connectivity index (χ4v) is 12.7. The number of likely N-dealkylation sites (tertiary alicyclic amines) is 1. The summed E-state index contributed by atoms with van der Waals surface area (Å²) in [5, 5.41) is 22.3. The van der Waals surface area contributed by atoms with Crippen LogP contribution < -0.4 is 21.3 Å². The van der Waals surface area contributed by atoms with Gasteiger partial charge in [0.15, 0.2) is 0 Å². The Bertz CT molecular complexity index is 3160. The normalized spacial score (nSPS) is 24.8. The van der Waals surface area contributed by atoms with Gasteiger partial charge in [-0.1, -0.05) is 122 Å². The molecule has 0 bridgehead atoms. The lowest BCUT2D eigenvalue weighted by Gasteiger charge is -2.38. The first kappa shape index (κ1) is 83.9. The molecule has 5 N–H and O–H groups in total. The third-order valence-electron chi connectivity index (χ3n) is 19.7. The Kier molecular flexibility index (Phi) is 32.2. The number of carbonyl (C=O) groups excluding carboxylic acids is 13. The van der Waals surface area contributed by atoms with E-state index in [9.17, 15) is 53.1 Å². The number of piperidine rings is 1. The van der Waals surface area contributed by atoms with Gasteiger partial charge < -0.3 is 70.5 Å². The van der Waals surface area contributed by atoms with E-state index >= 15 is 14.4 Å². The number of aliphatic hydroxyl groups excluding tert-OH is 1. The van der Waals surface area contributed by atoms with Gasteiger partial charge in [0.25, 0.3) is 0 Å². The lowest BCUT2D eigenvalue weighted by molar-refractivity contribution is -0.152. The fourth-order valence-electron chi connectivity index (χ4n) is 12.7. The van der Waals surface area contributed by atoms with Crippen molar-refractivity contribution in [2.45, 2.75) is 213 Å². The van der Waals surface area contributed by atoms with Crippen LogP contribution in [-0.2, 0) is 75.2 Å². The van der Waals surface area contributed by atoms with E-state index in [-0.39, 0.29) is 43.4 Å². The minimum Gasteiger partial charge on any atom is -0.391 e. The Morgan fingerprint density at radius 3 is 1.58 bits per heavy atom. The third-order valence-corrected chi connectivity index (χ3v) is 19.7. The minimum absolute atomic E-state index is 0.00990. The second-order valence-corrected chi connectivity index (χ2v) is 28.7. The SMILES string of the molecule is CC[C@H](C)[C@@H]1NC(=O)[C@H](Cc2ccccc2)N(C)C(=O)[C@H](C)N(C)C(=O)[C@H]([C@@H](C)O)NC(=O)[C@H](CC(C)C)N(C)C(=O)[C@H](C)N(C)C(=O)C[C@@H](C(=O)N(C)[C@@H](Cc2ccccc2)C(=O)N[C@@H](C)C(=O)N2CCCCC2)NC(=O)[C@H](C(C)C)N(C)C(=O)[C@H](CC(C)C)N(C)C(=O)CN(C)C1=O. The summed E-state index contributed by atoms with van der Waals surface area (Å²) >= 11 is 0. The average Bonchev–Trinajstić information content (AvgIpc) is 0.826. The Hall–Kier alpha value is -8.49. The highest BCUT2D eigenvalue weighted by Gasteiger charge is 2.44. The maximum Gasteiger partial charge on any atom is 0.248 e. The second-order valence-electron chi connectivity index (χ2n) is 28.7. The Labute approximate surface area is 592 Å². The standard InChI is InChI=1S/C73H115N13O14/c1-21-46(8)60-72(99)78(13)42-59(89)81(16)57(38-44(4)5)71(98)85(20)62(45(6)7)66(93)75-53(70(97)84(19)55(39-51-31-25-22-26-32-51)63(90)74-47(9)67(94)86-35-29-24-30-36-86)41-58(88)79(14)48(10)68(95)82(17)54(37-43(2)3)64(91)77-61(50(12)87)73(100)80(15)49(11)69(96)83(18)56(65(92)76-60)40-52-33-27-23-28-34-52/h22-23,25-28,31-34,43-50,53-57,60-62,87H,21,24,29-30,35-42H2,1-20H3,(H,74,90)(H,75,93)(H,76,92)(H,77,91)/t46-,47-,48-,49-,50+,53-,54-,55-,56-,57-,60-,61-,62-/m0/s1. The van der Waals surface area contributed by atoms with Crippen LogP contribution >= 0.6 is 0 Å². The largest absolute Gasteiger partial charge is 0.391 e. The Balaban J connectivity index is 1.94. The van der Waals surface area contributed by atoms with Crippen LogP contribution in [0.1, 0.15) is 139 Å². The quantitative estimate of drug-likeness (QED) is 0.152. The molecule has 2 saturated heterocycles. The lowest BCUT2D eigenvalue weighted by Crippen LogP contribution is -2.62. The molecular weight excluding hydrogens is 1280 g/mol. The van der Waals surface area contributed by atoms with Crippen molar-refractivity contribution < 1.29 is 67.4 Å². The predicted octanol–water partition coefficient (Wildman–Crippen LogP) is 2.31. The number of rotatable bonds is 17. The average molecular weight is 1400 g/mol. The van der Waals surface area contributed by atoms with Crippen molar-refractivity contribution in [2.24, 2.45) is 23.7 Å². The van der Waals surface area contributed by atoms with Crippen LogP contribution in [0.3, 0.4) is 0 Å². The Morgan fingerprint density at radius 1 is 0.560 bits per heavy atom. The zero-order valence-electron chi connectivity index (χ0n) is 62.8. The summed E-state index contributed by atoms with van der Waals surface area (Å²) in [5.74, 6) is -11.5. The van der Waals surface area contributed by atoms with Crippen LogP contribution in [0.5, 0.6) is 0 Å². The molecular formula is C73H115N13O14. The number of aliphatic hydroxyl groups is 1. The Morgan fingerprint density at radius 2 is 1.06 bits per heavy atom. The highest BCUT2D eigenvalue weighted by Crippen LogP contribution is 2.24. The molecule has 0 saturated carbocycles. The van der Waals surface area contributed by atoms with E-state index in [1.54, 1.807) is 107 Å². The number of amides is 13. The number of nitrogens with zero attached hydrogens (tertiary/aromatic N) is 9. The first-order valence-corrected chi connectivity index (χ1v) is 35.1. The van der Waals surface area contributed by atoms with Crippen LogP contribution in [0.2, 0.25) is 0 Å². The molecule has 2 heterocycles. The highest BCUT2D eigenvalue weighted by atomic mass is 16.3. The zero-order valence-corrected chi connectivity index (χ0v) is 62.8. The molecule has 27 heteroatoms. The maximum atomic E-state index is 15.5. The highest BCUT2D eigenvalue weighted by molar-refractivity contribution is 6.01. The molecule has 2 aromatic rings. The van der Waals surface area contributed by atoms with Crippen LogP contribution in [-0.4, -0.2) is 275 Å². The van der Waals surface area contributed by atoms with Crippen molar-refractivity contribution in [3.05, 3.63) is 71.8 Å². The predicted molar refractivity (Wildman–Crippen MR) is 379 cm³/mol. The molecule has 0 aromatic heterocycles. The van der Waals surface area contributed by atoms with E-state index in [0.29, 0.717) is 30.6 Å². The first-order chi connectivity index (χ1) is 46.8. The van der Waals surface area contributed by atoms with Crippen molar-refractivity contribution in [1.82, 2.24) is 65.4 Å². The van der Waals surface area contributed by atoms with E-state index in [0.717, 1.165) is 48.7 Å². The smallest absolute Gasteiger partial charge is 0.248 e. The summed E-state index contributed by atoms with van der Waals surface area (Å²) in [6.07, 6.45) is 0.487. The first-order valence-electron chi connectivity index (χ1n) is 35.1. The second kappa shape index (κ2) is 38.4. The molecule has 100 heavy (non-hydrogen) atoms. The van der Waals surface area contributed by atoms with Gasteiger partial charge in [0.1, 0.15) is 66.5 Å². The number of carbonyl (C=O) groups is 13. The summed E-state index contributed by atoms with van der Waals surface area (Å²) in [6.45, 7) is 20.2. The van der Waals surface area contributed by atoms with Crippen molar-refractivity contribution in [1.29, 1.82) is 0 Å². The number of nitrogens with one attached hydrogen (secondary N) is 4. The van der Waals surface area contributed by atoms with Gasteiger partial charge in [-0.2, -0.15) is 0 Å². The van der Waals surface area contributed by atoms with Gasteiger partial charge in [-0.3, -0.25) is 62.3 Å². The van der Waals surface area contributed by atoms with Crippen LogP contribution in [0.4, 0.5) is 0 Å². The van der Waals surface area contributed by atoms with Gasteiger partial charge in [0.2, 0.25) is 76.8 Å². The molecule has 13 atom stereocenters. The number of likely N-dealkylation sites (N-methyl/N-ethyl adjacent to an activating group) is 8. The fraction of sp³-hybridized carbons (Fsp3) is 0.658. The number of hydrogen-bond donors (Lipinski definition) is 5. The van der Waals surface area contributed by atoms with Crippen molar-refractivity contribution in [3.63, 3.8) is 0 Å². The molecule has 13 amide bonds. The molecule has 2 fully saturated rings. The molecule has 0 aliphatic carbocycles. The van der Waals surface area contributed by atoms with Gasteiger partial charge in [-0.05, 0) is 94.6 Å². The summed E-state index contributed by atoms with van der Waals surface area (Å²) in [4.78, 5) is 203. The number of benzene rings is 2. The lowest BCUT2D eigenvalue weighted by atomic mass is 9.96. The molecule has 2 aliphatic rings. The number of hydrogen-bond acceptors (Lipinski definition) is 14. The zero-order chi connectivity index (χ0) is 75.5. The van der Waals surface area contributed by atoms with Gasteiger partial charge in [0.05, 0.1) is 19.1 Å². The van der Waals surface area contributed by atoms with Gasteiger partial charge in [0, 0.05) is 82.3 Å². The molecule has 0 unspecified atom stereocenters. The van der Waals surface area contributed by atoms with E-state index in [1.807, 2.05) is 20.8 Å². The van der Waals surface area contributed by atoms with E-state index in [1.165, 1.54) is 87.0 Å². The monoisotopic (exact) mass is 1400 g/mol. The molecule has 0 radical (unpaired) electrons. The van der Waals surface area contributed by atoms with Crippen LogP contribution in [0, 0.1) is 23.7 Å². The van der Waals surface area contributed by atoms with Crippen LogP contribution in [0.15, 0.2) is 60.7 Å². The molecule has 0 spiro atoms. The molecule has 2 aromatic carbocycles. The molecule has 556 valence electrons. The van der Waals surface area contributed by atoms with Gasteiger partial charge in [-0.15, -0.1) is 0 Å². The summed E-state index contributed by atoms with van der Waals surface area (Å²) in [7, 11) is 10.8. The van der Waals surface area contributed by atoms with Gasteiger partial charge >= 0.3 is 0 Å². The third kappa shape index (κ3) is 22.3. The van der Waals surface area contributed by atoms with Crippen molar-refractivity contribution >= 4 is 76.8 Å². The van der Waals surface area contributed by atoms with E-state index < -0.39 is 168 Å². The van der Waals surface area contributed by atoms with Crippen LogP contribution in [0.25, 0.3) is 0 Å². The molecule has 4 rings (SSSR count). The maximum absolute atomic E-state index is 15.5. The summed E-state index contributed by atoms with van der Waals surface area (Å²) < 4.78 is 0. The van der Waals surface area contributed by atoms with Crippen molar-refractivity contribution in [3.8, 4) is 0 Å². The molecule has 27 nitrogen and oxygen atoms in total. The summed E-state index contributed by atoms with van der Waals surface area (Å²) in [5.41, 5.74) is 1.27. The van der Waals surface area contributed by atoms with Crippen molar-refractivity contribution in [2.75, 3.05) is 76.0 Å². The minimum atomic E-state index is -1.81. The molecule has 2 aliphatic heterocycles. The van der Waals surface area contributed by atoms with E-state index in [4.69, 9.17) is 0 Å².